The molecule has 2 aliphatic carbocycles. The van der Waals surface area contributed by atoms with Gasteiger partial charge in [0.2, 0.25) is 0 Å². The number of nitrogens with zero attached hydrogens (tertiary/aromatic N) is 1. The molecule has 0 heterocycles. The molecule has 0 bridgehead atoms. The van der Waals surface area contributed by atoms with Crippen molar-refractivity contribution < 1.29 is 23.3 Å². The van der Waals surface area contributed by atoms with Gasteiger partial charge in [0.05, 0.1) is 33.0 Å². The Morgan fingerprint density at radius 3 is 2.21 bits per heavy atom. The average Bonchev–Trinajstić information content (AvgIpc) is 3.38. The molecule has 2 unspecified atom stereocenters. The highest BCUT2D eigenvalue weighted by molar-refractivity contribution is 7.44. The smallest absolute Gasteiger partial charge is 0.407 e. The lowest BCUT2D eigenvalue weighted by molar-refractivity contribution is 0.0865. The first-order valence-electron chi connectivity index (χ1n) is 12.7. The molecule has 4 atom stereocenters. The molecular weight excluding hydrogens is 439 g/mol. The first-order chi connectivity index (χ1) is 16.0. The molecule has 190 valence electrons. The van der Waals surface area contributed by atoms with Crippen LogP contribution in [0.1, 0.15) is 73.1 Å². The van der Waals surface area contributed by atoms with E-state index in [2.05, 4.69) is 56.4 Å². The maximum atomic E-state index is 11.9. The fourth-order valence-corrected chi connectivity index (χ4v) is 6.28. The largest absolute Gasteiger partial charge is 0.450 e. The summed E-state index contributed by atoms with van der Waals surface area (Å²) in [6.45, 7) is 13.7. The SMILES string of the molecule is CCCOP(OCCOCCNC(=O)OCCC1[C@H]2CCC#CCC[C@@H]12)N(C(C)C)C(C)C. The van der Waals surface area contributed by atoms with Crippen molar-refractivity contribution in [1.82, 2.24) is 9.99 Å². The number of carbonyl (C=O) groups is 1. The molecular formula is C25H45N2O5P. The van der Waals surface area contributed by atoms with Gasteiger partial charge >= 0.3 is 6.09 Å². The van der Waals surface area contributed by atoms with E-state index in [0.29, 0.717) is 57.6 Å². The van der Waals surface area contributed by atoms with Crippen molar-refractivity contribution in [2.75, 3.05) is 39.6 Å². The highest BCUT2D eigenvalue weighted by atomic mass is 31.2. The van der Waals surface area contributed by atoms with Crippen LogP contribution < -0.4 is 5.32 Å². The summed E-state index contributed by atoms with van der Waals surface area (Å²) >= 11 is 0. The van der Waals surface area contributed by atoms with E-state index in [1.165, 1.54) is 12.8 Å². The van der Waals surface area contributed by atoms with Crippen molar-refractivity contribution in [3.63, 3.8) is 0 Å². The summed E-state index contributed by atoms with van der Waals surface area (Å²) in [6, 6.07) is 0.687. The number of hydrogen-bond donors (Lipinski definition) is 1. The molecule has 0 aromatic rings. The van der Waals surface area contributed by atoms with Crippen LogP contribution in [-0.4, -0.2) is 62.4 Å². The second kappa shape index (κ2) is 15.9. The minimum absolute atomic E-state index is 0.344. The summed E-state index contributed by atoms with van der Waals surface area (Å²) < 4.78 is 25.2. The molecule has 1 N–H and O–H groups in total. The van der Waals surface area contributed by atoms with Gasteiger partial charge in [-0.2, -0.15) is 0 Å². The zero-order valence-electron chi connectivity index (χ0n) is 21.3. The Hall–Kier alpha value is -0.900. The number of nitrogens with one attached hydrogen (secondary N) is 1. The fraction of sp³-hybridized carbons (Fsp3) is 0.880. The van der Waals surface area contributed by atoms with E-state index in [9.17, 15) is 4.79 Å². The van der Waals surface area contributed by atoms with Crippen LogP contribution in [0.25, 0.3) is 0 Å². The van der Waals surface area contributed by atoms with Gasteiger partial charge in [-0.3, -0.25) is 0 Å². The Kier molecular flexibility index (Phi) is 13.7. The van der Waals surface area contributed by atoms with Crippen LogP contribution in [-0.2, 0) is 18.5 Å². The number of rotatable bonds is 16. The number of hydrogen-bond acceptors (Lipinski definition) is 6. The van der Waals surface area contributed by atoms with Crippen LogP contribution in [0.5, 0.6) is 0 Å². The molecule has 33 heavy (non-hydrogen) atoms. The fourth-order valence-electron chi connectivity index (χ4n) is 4.62. The average molecular weight is 485 g/mol. The van der Waals surface area contributed by atoms with Crippen LogP contribution in [0.3, 0.4) is 0 Å². The van der Waals surface area contributed by atoms with Gasteiger partial charge < -0.3 is 23.8 Å². The lowest BCUT2D eigenvalue weighted by Gasteiger charge is -2.35. The van der Waals surface area contributed by atoms with Gasteiger partial charge in [-0.1, -0.05) is 6.92 Å². The monoisotopic (exact) mass is 484 g/mol. The molecule has 0 aromatic carbocycles. The predicted octanol–water partition coefficient (Wildman–Crippen LogP) is 5.35. The third-order valence-corrected chi connectivity index (χ3v) is 8.23. The van der Waals surface area contributed by atoms with Crippen molar-refractivity contribution in [1.29, 1.82) is 0 Å². The normalized spacial score (nSPS) is 22.8. The highest BCUT2D eigenvalue weighted by Gasteiger charge is 2.48. The van der Waals surface area contributed by atoms with Gasteiger partial charge in [-0.15, -0.1) is 11.8 Å². The van der Waals surface area contributed by atoms with Crippen LogP contribution >= 0.6 is 8.53 Å². The first-order valence-corrected chi connectivity index (χ1v) is 13.9. The van der Waals surface area contributed by atoms with Gasteiger partial charge in [0.25, 0.3) is 8.53 Å². The van der Waals surface area contributed by atoms with E-state index in [1.54, 1.807) is 0 Å². The van der Waals surface area contributed by atoms with Crippen LogP contribution in [0, 0.1) is 29.6 Å². The molecule has 8 heteroatoms. The van der Waals surface area contributed by atoms with Gasteiger partial charge in [-0.25, -0.2) is 9.46 Å². The van der Waals surface area contributed by atoms with Crippen LogP contribution in [0.2, 0.25) is 0 Å². The zero-order chi connectivity index (χ0) is 24.1. The van der Waals surface area contributed by atoms with E-state index < -0.39 is 8.53 Å². The minimum atomic E-state index is -1.10. The molecule has 0 saturated heterocycles. The Morgan fingerprint density at radius 2 is 1.61 bits per heavy atom. The maximum Gasteiger partial charge on any atom is 0.407 e. The molecule has 0 spiro atoms. The van der Waals surface area contributed by atoms with E-state index in [1.807, 2.05) is 0 Å². The van der Waals surface area contributed by atoms with Gasteiger partial charge in [-0.05, 0) is 71.1 Å². The first kappa shape index (κ1) is 28.3. The molecule has 0 radical (unpaired) electrons. The van der Waals surface area contributed by atoms with Crippen molar-refractivity contribution >= 4 is 14.6 Å². The van der Waals surface area contributed by atoms with Gasteiger partial charge in [0.15, 0.2) is 0 Å². The van der Waals surface area contributed by atoms with E-state index in [4.69, 9.17) is 18.5 Å². The zero-order valence-corrected chi connectivity index (χ0v) is 22.2. The molecule has 1 fully saturated rings. The molecule has 1 saturated carbocycles. The predicted molar refractivity (Wildman–Crippen MR) is 133 cm³/mol. The molecule has 1 amide bonds. The summed E-state index contributed by atoms with van der Waals surface area (Å²) in [5.41, 5.74) is 0. The van der Waals surface area contributed by atoms with Gasteiger partial charge in [0, 0.05) is 31.5 Å². The number of carbonyl (C=O) groups excluding carboxylic acids is 1. The van der Waals surface area contributed by atoms with Crippen molar-refractivity contribution in [3.8, 4) is 11.8 Å². The lowest BCUT2D eigenvalue weighted by atomic mass is 10.1. The molecule has 7 nitrogen and oxygen atoms in total. The summed E-state index contributed by atoms with van der Waals surface area (Å²) in [5.74, 6) is 8.77. The summed E-state index contributed by atoms with van der Waals surface area (Å²) in [5, 5.41) is 2.76. The quantitative estimate of drug-likeness (QED) is 0.181. The Labute approximate surface area is 202 Å². The maximum absolute atomic E-state index is 11.9. The highest BCUT2D eigenvalue weighted by Crippen LogP contribution is 2.54. The molecule has 2 aliphatic rings. The van der Waals surface area contributed by atoms with Crippen molar-refractivity contribution in [2.24, 2.45) is 17.8 Å². The molecule has 0 aromatic heterocycles. The third-order valence-electron chi connectivity index (χ3n) is 6.12. The van der Waals surface area contributed by atoms with E-state index >= 15 is 0 Å². The number of ether oxygens (including phenoxy) is 2. The lowest BCUT2D eigenvalue weighted by Crippen LogP contribution is -2.34. The van der Waals surface area contributed by atoms with E-state index in [0.717, 1.165) is 37.5 Å². The topological polar surface area (TPSA) is 69.3 Å². The summed E-state index contributed by atoms with van der Waals surface area (Å²) in [4.78, 5) is 11.9. The second-order valence-electron chi connectivity index (χ2n) is 9.36. The van der Waals surface area contributed by atoms with Crippen LogP contribution in [0.15, 0.2) is 0 Å². The molecule has 2 rings (SSSR count). The minimum Gasteiger partial charge on any atom is -0.450 e. The van der Waals surface area contributed by atoms with E-state index in [-0.39, 0.29) is 6.09 Å². The van der Waals surface area contributed by atoms with Crippen molar-refractivity contribution in [2.45, 2.75) is 85.2 Å². The second-order valence-corrected chi connectivity index (χ2v) is 10.8. The van der Waals surface area contributed by atoms with Crippen LogP contribution in [0.4, 0.5) is 4.79 Å². The molecule has 0 aliphatic heterocycles. The Balaban J connectivity index is 1.50. The number of fused-ring (bicyclic) bond motifs is 1. The standard InChI is InChI=1S/C25H45N2O5P/c1-6-15-31-33(27(20(2)3)21(4)5)32-19-18-29-17-14-26-25(28)30-16-13-24-22-11-9-7-8-10-12-23(22)24/h20-24H,6,9-19H2,1-5H3,(H,26,28)/t22-,23+,24?,33?. The number of amides is 1. The Bertz CT molecular complexity index is 596. The Morgan fingerprint density at radius 1 is 0.970 bits per heavy atom. The van der Waals surface area contributed by atoms with Crippen molar-refractivity contribution in [3.05, 3.63) is 0 Å². The summed E-state index contributed by atoms with van der Waals surface area (Å²) in [6.07, 6.45) is 6.00. The third kappa shape index (κ3) is 10.5. The summed E-state index contributed by atoms with van der Waals surface area (Å²) in [7, 11) is -1.10. The number of alkyl carbamates (subject to hydrolysis) is 1. The van der Waals surface area contributed by atoms with Gasteiger partial charge in [0.1, 0.15) is 0 Å².